The molecule has 2 aromatic carbocycles. The van der Waals surface area contributed by atoms with Gasteiger partial charge in [-0.15, -0.1) is 0 Å². The van der Waals surface area contributed by atoms with E-state index >= 15 is 0 Å². The van der Waals surface area contributed by atoms with Crippen LogP contribution in [0.15, 0.2) is 53.4 Å². The molecule has 1 amide bonds. The number of carbonyl (C=O) groups excluding carboxylic acids is 1. The van der Waals surface area contributed by atoms with Crippen molar-refractivity contribution in [1.82, 2.24) is 9.62 Å². The van der Waals surface area contributed by atoms with E-state index in [0.29, 0.717) is 13.0 Å². The molecule has 0 aromatic heterocycles. The molecule has 0 unspecified atom stereocenters. The average Bonchev–Trinajstić information content (AvgIpc) is 2.74. The van der Waals surface area contributed by atoms with E-state index in [1.807, 2.05) is 24.3 Å². The van der Waals surface area contributed by atoms with Crippen LogP contribution in [0.2, 0.25) is 0 Å². The van der Waals surface area contributed by atoms with Gasteiger partial charge in [-0.05, 0) is 54.8 Å². The van der Waals surface area contributed by atoms with Gasteiger partial charge in [-0.1, -0.05) is 12.1 Å². The summed E-state index contributed by atoms with van der Waals surface area (Å²) in [7, 11) is -2.98. The molecule has 0 saturated heterocycles. The van der Waals surface area contributed by atoms with Crippen LogP contribution in [0.1, 0.15) is 12.0 Å². The zero-order chi connectivity index (χ0) is 23.9. The number of methoxy groups -OCH3 is 1. The summed E-state index contributed by atoms with van der Waals surface area (Å²) in [5, 5.41) is 2.73. The van der Waals surface area contributed by atoms with Gasteiger partial charge in [0.25, 0.3) is 0 Å². The summed E-state index contributed by atoms with van der Waals surface area (Å²) < 4.78 is 56.0. The highest BCUT2D eigenvalue weighted by molar-refractivity contribution is 7.92. The Labute approximate surface area is 190 Å². The lowest BCUT2D eigenvalue weighted by atomic mass is 10.1. The number of hydrogen-bond donors (Lipinski definition) is 1. The molecule has 0 heterocycles. The Hall–Kier alpha value is -2.63. The summed E-state index contributed by atoms with van der Waals surface area (Å²) in [6, 6.07) is 13.0. The molecule has 0 aliphatic rings. The standard InChI is InChI=1S/C21H29N3O6S2/c1-23(2)32(28,29)20-13-9-18(10-14-20)24(31(4,26)27)16-21(25)22-15-5-6-17-7-11-19(30-3)12-8-17/h7-14H,5-6,15-16H2,1-4H3,(H,22,25). The van der Waals surface area contributed by atoms with Gasteiger partial charge in [0, 0.05) is 20.6 Å². The highest BCUT2D eigenvalue weighted by Crippen LogP contribution is 2.21. The molecule has 0 atom stereocenters. The fourth-order valence-corrected chi connectivity index (χ4v) is 4.65. The second kappa shape index (κ2) is 10.8. The Morgan fingerprint density at radius 1 is 0.969 bits per heavy atom. The molecule has 0 bridgehead atoms. The van der Waals surface area contributed by atoms with Gasteiger partial charge in [0.1, 0.15) is 12.3 Å². The second-order valence-corrected chi connectivity index (χ2v) is 11.4. The maximum atomic E-state index is 12.3. The number of benzene rings is 2. The molecule has 2 rings (SSSR count). The predicted octanol–water partition coefficient (Wildman–Crippen LogP) is 1.46. The van der Waals surface area contributed by atoms with Gasteiger partial charge < -0.3 is 10.1 Å². The van der Waals surface area contributed by atoms with Crippen LogP contribution in [0, 0.1) is 0 Å². The van der Waals surface area contributed by atoms with Crippen molar-refractivity contribution in [3.05, 3.63) is 54.1 Å². The molecule has 2 aromatic rings. The van der Waals surface area contributed by atoms with E-state index in [1.165, 1.54) is 38.4 Å². The van der Waals surface area contributed by atoms with Crippen LogP contribution in [0.4, 0.5) is 5.69 Å². The second-order valence-electron chi connectivity index (χ2n) is 7.35. The third-order valence-electron chi connectivity index (χ3n) is 4.71. The first-order valence-corrected chi connectivity index (χ1v) is 13.1. The first-order valence-electron chi connectivity index (χ1n) is 9.85. The van der Waals surface area contributed by atoms with Crippen molar-refractivity contribution < 1.29 is 26.4 Å². The average molecular weight is 484 g/mol. The van der Waals surface area contributed by atoms with Gasteiger partial charge in [0.2, 0.25) is 26.0 Å². The first kappa shape index (κ1) is 25.6. The predicted molar refractivity (Wildman–Crippen MR) is 124 cm³/mol. The normalized spacial score (nSPS) is 11.9. The van der Waals surface area contributed by atoms with Gasteiger partial charge in [0.05, 0.1) is 23.9 Å². The molecule has 9 nitrogen and oxygen atoms in total. The molecule has 0 fully saturated rings. The molecule has 176 valence electrons. The molecule has 1 N–H and O–H groups in total. The van der Waals surface area contributed by atoms with Crippen LogP contribution >= 0.6 is 0 Å². The van der Waals surface area contributed by atoms with Crippen molar-refractivity contribution >= 4 is 31.6 Å². The van der Waals surface area contributed by atoms with Gasteiger partial charge in [0.15, 0.2) is 0 Å². The summed E-state index contributed by atoms with van der Waals surface area (Å²) in [6.07, 6.45) is 2.43. The Morgan fingerprint density at radius 3 is 2.06 bits per heavy atom. The van der Waals surface area contributed by atoms with Crippen molar-refractivity contribution in [3.8, 4) is 5.75 Å². The highest BCUT2D eigenvalue weighted by Gasteiger charge is 2.22. The topological polar surface area (TPSA) is 113 Å². The van der Waals surface area contributed by atoms with Crippen LogP contribution in [0.3, 0.4) is 0 Å². The number of sulfonamides is 2. The van der Waals surface area contributed by atoms with Crippen molar-refractivity contribution in [2.75, 3.05) is 44.9 Å². The summed E-state index contributed by atoms with van der Waals surface area (Å²) in [5.74, 6) is 0.324. The molecule has 32 heavy (non-hydrogen) atoms. The minimum absolute atomic E-state index is 0.0303. The SMILES string of the molecule is COc1ccc(CCCNC(=O)CN(c2ccc(S(=O)(=O)N(C)C)cc2)S(C)(=O)=O)cc1. The minimum Gasteiger partial charge on any atom is -0.497 e. The Kier molecular flexibility index (Phi) is 8.65. The molecular weight excluding hydrogens is 454 g/mol. The third-order valence-corrected chi connectivity index (χ3v) is 7.68. The summed E-state index contributed by atoms with van der Waals surface area (Å²) in [6.45, 7) is -0.0103. The monoisotopic (exact) mass is 483 g/mol. The van der Waals surface area contributed by atoms with Crippen molar-refractivity contribution in [1.29, 1.82) is 0 Å². The van der Waals surface area contributed by atoms with Crippen molar-refractivity contribution in [2.24, 2.45) is 0 Å². The number of rotatable bonds is 11. The van der Waals surface area contributed by atoms with Gasteiger partial charge in [-0.3, -0.25) is 9.10 Å². The molecule has 0 spiro atoms. The molecular formula is C21H29N3O6S2. The number of hydrogen-bond acceptors (Lipinski definition) is 6. The number of aryl methyl sites for hydroxylation is 1. The zero-order valence-corrected chi connectivity index (χ0v) is 20.2. The molecule has 11 heteroatoms. The highest BCUT2D eigenvalue weighted by atomic mass is 32.2. The lowest BCUT2D eigenvalue weighted by Crippen LogP contribution is -2.40. The summed E-state index contributed by atoms with van der Waals surface area (Å²) in [4.78, 5) is 12.4. The van der Waals surface area contributed by atoms with Gasteiger partial charge in [-0.2, -0.15) is 0 Å². The van der Waals surface area contributed by atoms with Crippen LogP contribution in [0.25, 0.3) is 0 Å². The summed E-state index contributed by atoms with van der Waals surface area (Å²) >= 11 is 0. The van der Waals surface area contributed by atoms with Crippen molar-refractivity contribution in [2.45, 2.75) is 17.7 Å². The third kappa shape index (κ3) is 6.94. The smallest absolute Gasteiger partial charge is 0.242 e. The maximum absolute atomic E-state index is 12.3. The van der Waals surface area contributed by atoms with E-state index in [9.17, 15) is 21.6 Å². The van der Waals surface area contributed by atoms with E-state index in [-0.39, 0.29) is 10.6 Å². The number of anilines is 1. The fourth-order valence-electron chi connectivity index (χ4n) is 2.89. The van der Waals surface area contributed by atoms with E-state index in [0.717, 1.165) is 32.6 Å². The van der Waals surface area contributed by atoms with Gasteiger partial charge >= 0.3 is 0 Å². The Bertz CT molecular complexity index is 1110. The lowest BCUT2D eigenvalue weighted by Gasteiger charge is -2.22. The molecule has 0 radical (unpaired) electrons. The largest absolute Gasteiger partial charge is 0.497 e. The quantitative estimate of drug-likeness (QED) is 0.484. The minimum atomic E-state index is -3.76. The maximum Gasteiger partial charge on any atom is 0.242 e. The zero-order valence-electron chi connectivity index (χ0n) is 18.6. The Morgan fingerprint density at radius 2 is 1.56 bits per heavy atom. The van der Waals surface area contributed by atoms with Gasteiger partial charge in [-0.25, -0.2) is 21.1 Å². The number of ether oxygens (including phenoxy) is 1. The first-order chi connectivity index (χ1) is 14.9. The number of carbonyl (C=O) groups is 1. The van der Waals surface area contributed by atoms with Crippen molar-refractivity contribution in [3.63, 3.8) is 0 Å². The fraction of sp³-hybridized carbons (Fsp3) is 0.381. The number of nitrogens with zero attached hydrogens (tertiary/aromatic N) is 2. The van der Waals surface area contributed by atoms with E-state index in [1.54, 1.807) is 7.11 Å². The van der Waals surface area contributed by atoms with E-state index < -0.39 is 32.5 Å². The number of nitrogens with one attached hydrogen (secondary N) is 1. The number of amides is 1. The van der Waals surface area contributed by atoms with Crippen LogP contribution in [-0.2, 0) is 31.3 Å². The van der Waals surface area contributed by atoms with Crippen LogP contribution < -0.4 is 14.4 Å². The molecule has 0 aliphatic carbocycles. The summed E-state index contributed by atoms with van der Waals surface area (Å²) in [5.41, 5.74) is 1.31. The van der Waals surface area contributed by atoms with Crippen LogP contribution in [0.5, 0.6) is 5.75 Å². The van der Waals surface area contributed by atoms with E-state index in [4.69, 9.17) is 4.74 Å². The Balaban J connectivity index is 1.97. The van der Waals surface area contributed by atoms with E-state index in [2.05, 4.69) is 5.32 Å². The molecule has 0 saturated carbocycles. The lowest BCUT2D eigenvalue weighted by molar-refractivity contribution is -0.119. The van der Waals surface area contributed by atoms with Crippen LogP contribution in [-0.4, -0.2) is 67.6 Å². The molecule has 0 aliphatic heterocycles.